The molecule has 0 aromatic rings. The van der Waals surface area contributed by atoms with Crippen LogP contribution in [0.4, 0.5) is 0 Å². The van der Waals surface area contributed by atoms with Gasteiger partial charge < -0.3 is 10.1 Å². The van der Waals surface area contributed by atoms with Gasteiger partial charge in [0.2, 0.25) is 0 Å². The van der Waals surface area contributed by atoms with Gasteiger partial charge in [0, 0.05) is 6.54 Å². The number of ether oxygens (including phenoxy) is 1. The number of carbonyl (C=O) groups excluding carboxylic acids is 1. The lowest BCUT2D eigenvalue weighted by Gasteiger charge is -2.34. The van der Waals surface area contributed by atoms with E-state index in [2.05, 4.69) is 5.32 Å². The van der Waals surface area contributed by atoms with Gasteiger partial charge in [-0.3, -0.25) is 4.79 Å². The Morgan fingerprint density at radius 2 is 2.07 bits per heavy atom. The molecule has 1 unspecified atom stereocenters. The third-order valence-electron chi connectivity index (χ3n) is 2.49. The average molecular weight is 199 g/mol. The van der Waals surface area contributed by atoms with Crippen LogP contribution in [0.2, 0.25) is 0 Å². The number of nitrogens with one attached hydrogen (secondary N) is 1. The highest BCUT2D eigenvalue weighted by atomic mass is 16.6. The minimum absolute atomic E-state index is 0.0720. The van der Waals surface area contributed by atoms with Gasteiger partial charge in [0.1, 0.15) is 5.60 Å². The summed E-state index contributed by atoms with van der Waals surface area (Å²) in [7, 11) is 0. The SMILES string of the molecule is CC(C)(C)OC(=O)C1(C)CCCNC1. The van der Waals surface area contributed by atoms with Crippen molar-refractivity contribution in [2.24, 2.45) is 5.41 Å². The molecule has 1 saturated heterocycles. The molecule has 3 nitrogen and oxygen atoms in total. The predicted molar refractivity (Wildman–Crippen MR) is 56.1 cm³/mol. The summed E-state index contributed by atoms with van der Waals surface area (Å²) in [4.78, 5) is 11.9. The van der Waals surface area contributed by atoms with E-state index in [4.69, 9.17) is 4.74 Å². The van der Waals surface area contributed by atoms with E-state index in [1.165, 1.54) is 0 Å². The molecule has 1 N–H and O–H groups in total. The number of piperidine rings is 1. The molecule has 14 heavy (non-hydrogen) atoms. The molecule has 0 saturated carbocycles. The number of rotatable bonds is 1. The van der Waals surface area contributed by atoms with Crippen LogP contribution in [-0.4, -0.2) is 24.7 Å². The lowest BCUT2D eigenvalue weighted by Crippen LogP contribution is -2.46. The standard InChI is InChI=1S/C11H21NO2/c1-10(2,3)14-9(13)11(4)6-5-7-12-8-11/h12H,5-8H2,1-4H3. The van der Waals surface area contributed by atoms with E-state index in [-0.39, 0.29) is 17.0 Å². The molecule has 0 aromatic heterocycles. The first-order chi connectivity index (χ1) is 6.33. The second kappa shape index (κ2) is 3.89. The maximum atomic E-state index is 11.9. The molecule has 1 aliphatic heterocycles. The molecule has 1 atom stereocenters. The van der Waals surface area contributed by atoms with Crippen molar-refractivity contribution in [3.63, 3.8) is 0 Å². The molecular formula is C11H21NO2. The van der Waals surface area contributed by atoms with Crippen LogP contribution in [0, 0.1) is 5.41 Å². The monoisotopic (exact) mass is 199 g/mol. The summed E-state index contributed by atoms with van der Waals surface area (Å²) >= 11 is 0. The second-order valence-corrected chi connectivity index (χ2v) is 5.34. The van der Waals surface area contributed by atoms with Crippen molar-refractivity contribution in [2.45, 2.75) is 46.1 Å². The van der Waals surface area contributed by atoms with E-state index >= 15 is 0 Å². The van der Waals surface area contributed by atoms with Gasteiger partial charge in [-0.1, -0.05) is 0 Å². The summed E-state index contributed by atoms with van der Waals surface area (Å²) in [5.74, 6) is -0.0720. The van der Waals surface area contributed by atoms with Gasteiger partial charge in [0.25, 0.3) is 0 Å². The van der Waals surface area contributed by atoms with Gasteiger partial charge in [-0.25, -0.2) is 0 Å². The molecule has 1 aliphatic rings. The fourth-order valence-corrected chi connectivity index (χ4v) is 1.63. The second-order valence-electron chi connectivity index (χ2n) is 5.34. The van der Waals surface area contributed by atoms with E-state index in [9.17, 15) is 4.79 Å². The first kappa shape index (κ1) is 11.5. The zero-order valence-corrected chi connectivity index (χ0v) is 9.64. The minimum Gasteiger partial charge on any atom is -0.460 e. The van der Waals surface area contributed by atoms with Crippen molar-refractivity contribution in [3.05, 3.63) is 0 Å². The van der Waals surface area contributed by atoms with Crippen molar-refractivity contribution in [3.8, 4) is 0 Å². The van der Waals surface area contributed by atoms with Gasteiger partial charge >= 0.3 is 5.97 Å². The van der Waals surface area contributed by atoms with Gasteiger partial charge in [0.15, 0.2) is 0 Å². The van der Waals surface area contributed by atoms with Gasteiger partial charge in [-0.2, -0.15) is 0 Å². The molecule has 0 radical (unpaired) electrons. The Balaban J connectivity index is 2.58. The van der Waals surface area contributed by atoms with E-state index < -0.39 is 0 Å². The Labute approximate surface area is 86.2 Å². The van der Waals surface area contributed by atoms with Crippen molar-refractivity contribution >= 4 is 5.97 Å². The van der Waals surface area contributed by atoms with Crippen LogP contribution in [0.15, 0.2) is 0 Å². The smallest absolute Gasteiger partial charge is 0.313 e. The number of carbonyl (C=O) groups is 1. The molecule has 1 fully saturated rings. The van der Waals surface area contributed by atoms with Gasteiger partial charge in [0.05, 0.1) is 5.41 Å². The molecular weight excluding hydrogens is 178 g/mol. The number of hydrogen-bond acceptors (Lipinski definition) is 3. The summed E-state index contributed by atoms with van der Waals surface area (Å²) in [6, 6.07) is 0. The molecule has 3 heteroatoms. The van der Waals surface area contributed by atoms with E-state index in [1.54, 1.807) is 0 Å². The summed E-state index contributed by atoms with van der Waals surface area (Å²) in [5.41, 5.74) is -0.705. The first-order valence-electron chi connectivity index (χ1n) is 5.28. The number of hydrogen-bond donors (Lipinski definition) is 1. The van der Waals surface area contributed by atoms with E-state index in [1.807, 2.05) is 27.7 Å². The average Bonchev–Trinajstić information content (AvgIpc) is 2.02. The fourth-order valence-electron chi connectivity index (χ4n) is 1.63. The topological polar surface area (TPSA) is 38.3 Å². The highest BCUT2D eigenvalue weighted by Gasteiger charge is 2.37. The minimum atomic E-state index is -0.377. The zero-order chi connectivity index (χ0) is 10.8. The lowest BCUT2D eigenvalue weighted by molar-refractivity contribution is -0.167. The summed E-state index contributed by atoms with van der Waals surface area (Å²) in [6.45, 7) is 9.45. The van der Waals surface area contributed by atoms with E-state index in [0.29, 0.717) is 0 Å². The third kappa shape index (κ3) is 2.98. The highest BCUT2D eigenvalue weighted by molar-refractivity contribution is 5.77. The van der Waals surface area contributed by atoms with Crippen molar-refractivity contribution < 1.29 is 9.53 Å². The lowest BCUT2D eigenvalue weighted by atomic mass is 9.83. The number of esters is 1. The first-order valence-corrected chi connectivity index (χ1v) is 5.28. The molecule has 0 bridgehead atoms. The normalized spacial score (nSPS) is 28.6. The Hall–Kier alpha value is -0.570. The van der Waals surface area contributed by atoms with Crippen LogP contribution in [0.3, 0.4) is 0 Å². The van der Waals surface area contributed by atoms with E-state index in [0.717, 1.165) is 25.9 Å². The summed E-state index contributed by atoms with van der Waals surface area (Å²) in [6.07, 6.45) is 1.98. The van der Waals surface area contributed by atoms with Crippen molar-refractivity contribution in [2.75, 3.05) is 13.1 Å². The molecule has 1 heterocycles. The zero-order valence-electron chi connectivity index (χ0n) is 9.64. The molecule has 0 aliphatic carbocycles. The van der Waals surface area contributed by atoms with Crippen molar-refractivity contribution in [1.82, 2.24) is 5.32 Å². The fraction of sp³-hybridized carbons (Fsp3) is 0.909. The molecule has 0 amide bonds. The summed E-state index contributed by atoms with van der Waals surface area (Å²) < 4.78 is 5.40. The van der Waals surface area contributed by atoms with Crippen LogP contribution in [0.1, 0.15) is 40.5 Å². The van der Waals surface area contributed by atoms with Gasteiger partial charge in [-0.05, 0) is 47.1 Å². The van der Waals surface area contributed by atoms with Crippen LogP contribution < -0.4 is 5.32 Å². The summed E-state index contributed by atoms with van der Waals surface area (Å²) in [5, 5.41) is 3.24. The van der Waals surface area contributed by atoms with Crippen LogP contribution in [0.25, 0.3) is 0 Å². The maximum Gasteiger partial charge on any atom is 0.313 e. The molecule has 0 spiro atoms. The Morgan fingerprint density at radius 1 is 1.43 bits per heavy atom. The highest BCUT2D eigenvalue weighted by Crippen LogP contribution is 2.28. The molecule has 82 valence electrons. The van der Waals surface area contributed by atoms with Crippen LogP contribution >= 0.6 is 0 Å². The van der Waals surface area contributed by atoms with Crippen LogP contribution in [0.5, 0.6) is 0 Å². The third-order valence-corrected chi connectivity index (χ3v) is 2.49. The Bertz CT molecular complexity index is 212. The molecule has 1 rings (SSSR count). The predicted octanol–water partition coefficient (Wildman–Crippen LogP) is 1.72. The van der Waals surface area contributed by atoms with Crippen LogP contribution in [-0.2, 0) is 9.53 Å². The Kier molecular flexibility index (Phi) is 3.20. The quantitative estimate of drug-likeness (QED) is 0.653. The largest absolute Gasteiger partial charge is 0.460 e. The van der Waals surface area contributed by atoms with Gasteiger partial charge in [-0.15, -0.1) is 0 Å². The molecule has 0 aromatic carbocycles. The van der Waals surface area contributed by atoms with Crippen molar-refractivity contribution in [1.29, 1.82) is 0 Å². The maximum absolute atomic E-state index is 11.9. The Morgan fingerprint density at radius 3 is 2.50 bits per heavy atom.